The molecule has 39 heavy (non-hydrogen) atoms. The number of nitrogens with one attached hydrogen (secondary N) is 1. The maximum atomic E-state index is 15.4. The second kappa shape index (κ2) is 10.3. The molecule has 0 aliphatic carbocycles. The Morgan fingerprint density at radius 2 is 1.77 bits per heavy atom. The van der Waals surface area contributed by atoms with E-state index >= 15 is 8.78 Å². The van der Waals surface area contributed by atoms with Crippen molar-refractivity contribution >= 4 is 27.8 Å². The molecule has 0 saturated heterocycles. The molecule has 2 N–H and O–H groups in total. The molecule has 0 aliphatic heterocycles. The van der Waals surface area contributed by atoms with Crippen LogP contribution in [-0.4, -0.2) is 48.0 Å². The van der Waals surface area contributed by atoms with Crippen LogP contribution in [0.3, 0.4) is 0 Å². The first kappa shape index (κ1) is 26.1. The summed E-state index contributed by atoms with van der Waals surface area (Å²) in [5, 5.41) is 17.4. The van der Waals surface area contributed by atoms with Gasteiger partial charge in [-0.3, -0.25) is 19.3 Å². The quantitative estimate of drug-likeness (QED) is 0.332. The predicted molar refractivity (Wildman–Crippen MR) is 142 cm³/mol. The Bertz CT molecular complexity index is 1760. The number of aromatic nitrogens is 5. The highest BCUT2D eigenvalue weighted by Gasteiger charge is 2.22. The third-order valence-corrected chi connectivity index (χ3v) is 6.71. The average molecular weight is 533 g/mol. The zero-order chi connectivity index (χ0) is 27.8. The van der Waals surface area contributed by atoms with E-state index in [0.717, 1.165) is 9.95 Å². The second-order valence-electron chi connectivity index (χ2n) is 9.70. The van der Waals surface area contributed by atoms with Crippen molar-refractivity contribution in [3.63, 3.8) is 0 Å². The lowest BCUT2D eigenvalue weighted by Crippen LogP contribution is -2.41. The summed E-state index contributed by atoms with van der Waals surface area (Å²) < 4.78 is 33.4. The largest absolute Gasteiger partial charge is 0.394 e. The van der Waals surface area contributed by atoms with E-state index in [1.165, 1.54) is 30.7 Å². The minimum Gasteiger partial charge on any atom is -0.394 e. The highest BCUT2D eigenvalue weighted by atomic mass is 19.1. The number of fused-ring (bicyclic) bond motifs is 2. The van der Waals surface area contributed by atoms with E-state index in [-0.39, 0.29) is 34.7 Å². The molecule has 1 atom stereocenters. The van der Waals surface area contributed by atoms with Gasteiger partial charge in [-0.15, -0.1) is 0 Å². The van der Waals surface area contributed by atoms with Crippen LogP contribution in [0.15, 0.2) is 59.9 Å². The Kier molecular flexibility index (Phi) is 6.92. The molecule has 11 heteroatoms. The van der Waals surface area contributed by atoms with Crippen LogP contribution in [-0.2, 0) is 13.6 Å². The first-order chi connectivity index (χ1) is 18.7. The minimum atomic E-state index is -0.844. The second-order valence-corrected chi connectivity index (χ2v) is 9.70. The maximum Gasteiger partial charge on any atom is 0.279 e. The smallest absolute Gasteiger partial charge is 0.279 e. The van der Waals surface area contributed by atoms with Crippen LogP contribution in [0.4, 0.5) is 8.78 Å². The van der Waals surface area contributed by atoms with Crippen molar-refractivity contribution in [2.45, 2.75) is 26.4 Å². The molecule has 0 spiro atoms. The number of carbonyl (C=O) groups is 1. The highest BCUT2D eigenvalue weighted by molar-refractivity contribution is 6.04. The molecule has 0 unspecified atom stereocenters. The van der Waals surface area contributed by atoms with Gasteiger partial charge in [0.2, 0.25) is 0 Å². The molecule has 0 aliphatic rings. The summed E-state index contributed by atoms with van der Waals surface area (Å²) in [5.74, 6) is -2.35. The van der Waals surface area contributed by atoms with Crippen molar-refractivity contribution in [3.05, 3.63) is 88.2 Å². The lowest BCUT2D eigenvalue weighted by atomic mass is 9.99. The zero-order valence-corrected chi connectivity index (χ0v) is 21.5. The maximum absolute atomic E-state index is 15.4. The van der Waals surface area contributed by atoms with Gasteiger partial charge < -0.3 is 15.0 Å². The van der Waals surface area contributed by atoms with E-state index < -0.39 is 35.7 Å². The molecule has 5 aromatic rings. The SMILES string of the molecule is CC(C)[C@@H](CO)NC(=O)c1cn(Cc2c(F)cc(-c3cccc4nn(C)cc34)cc2F)c(=O)c2nccnc12. The number of aryl methyl sites for hydroxylation is 1. The summed E-state index contributed by atoms with van der Waals surface area (Å²) in [4.78, 5) is 34.5. The van der Waals surface area contributed by atoms with Gasteiger partial charge in [0.25, 0.3) is 11.5 Å². The highest BCUT2D eigenvalue weighted by Crippen LogP contribution is 2.30. The number of halogens is 2. The van der Waals surface area contributed by atoms with Gasteiger partial charge in [-0.2, -0.15) is 5.10 Å². The number of benzene rings is 2. The third-order valence-electron chi connectivity index (χ3n) is 6.71. The average Bonchev–Trinajstić information content (AvgIpc) is 3.30. The molecule has 3 heterocycles. The van der Waals surface area contributed by atoms with Gasteiger partial charge >= 0.3 is 0 Å². The molecule has 0 saturated carbocycles. The lowest BCUT2D eigenvalue weighted by Gasteiger charge is -2.20. The Morgan fingerprint density at radius 3 is 2.44 bits per heavy atom. The number of hydrogen-bond acceptors (Lipinski definition) is 6. The van der Waals surface area contributed by atoms with E-state index in [2.05, 4.69) is 20.4 Å². The predicted octanol–water partition coefficient (Wildman–Crippen LogP) is 3.42. The van der Waals surface area contributed by atoms with Crippen molar-refractivity contribution in [2.24, 2.45) is 13.0 Å². The van der Waals surface area contributed by atoms with Crippen molar-refractivity contribution < 1.29 is 18.7 Å². The summed E-state index contributed by atoms with van der Waals surface area (Å²) in [6.45, 7) is 2.91. The molecule has 2 aromatic carbocycles. The van der Waals surface area contributed by atoms with Gasteiger partial charge in [-0.05, 0) is 35.2 Å². The summed E-state index contributed by atoms with van der Waals surface area (Å²) in [7, 11) is 1.76. The first-order valence-corrected chi connectivity index (χ1v) is 12.3. The van der Waals surface area contributed by atoms with E-state index in [0.29, 0.717) is 16.6 Å². The molecular formula is C28H26F2N6O3. The van der Waals surface area contributed by atoms with Gasteiger partial charge in [0.1, 0.15) is 17.2 Å². The monoisotopic (exact) mass is 532 g/mol. The molecule has 1 amide bonds. The number of hydrogen-bond donors (Lipinski definition) is 2. The van der Waals surface area contributed by atoms with Crippen LogP contribution >= 0.6 is 0 Å². The Morgan fingerprint density at radius 1 is 1.08 bits per heavy atom. The molecule has 0 bridgehead atoms. The van der Waals surface area contributed by atoms with Gasteiger partial charge in [-0.25, -0.2) is 13.8 Å². The Hall–Kier alpha value is -4.51. The van der Waals surface area contributed by atoms with E-state index in [1.54, 1.807) is 30.1 Å². The number of pyridine rings is 1. The van der Waals surface area contributed by atoms with E-state index in [1.807, 2.05) is 19.9 Å². The van der Waals surface area contributed by atoms with Gasteiger partial charge in [0, 0.05) is 42.8 Å². The van der Waals surface area contributed by atoms with Gasteiger partial charge in [0.05, 0.1) is 30.3 Å². The molecule has 0 fully saturated rings. The third kappa shape index (κ3) is 4.88. The number of amides is 1. The van der Waals surface area contributed by atoms with Gasteiger partial charge in [0.15, 0.2) is 5.52 Å². The summed E-state index contributed by atoms with van der Waals surface area (Å²) in [6, 6.07) is 7.22. The molecule has 3 aromatic heterocycles. The van der Waals surface area contributed by atoms with Crippen LogP contribution in [0, 0.1) is 17.6 Å². The van der Waals surface area contributed by atoms with Crippen LogP contribution in [0.1, 0.15) is 29.8 Å². The number of aliphatic hydroxyl groups is 1. The molecule has 0 radical (unpaired) electrons. The summed E-state index contributed by atoms with van der Waals surface area (Å²) >= 11 is 0. The fraction of sp³-hybridized carbons (Fsp3) is 0.250. The van der Waals surface area contributed by atoms with Gasteiger partial charge in [-0.1, -0.05) is 26.0 Å². The minimum absolute atomic E-state index is 0.00232. The van der Waals surface area contributed by atoms with Crippen molar-refractivity contribution in [3.8, 4) is 11.1 Å². The van der Waals surface area contributed by atoms with E-state index in [4.69, 9.17) is 0 Å². The summed E-state index contributed by atoms with van der Waals surface area (Å²) in [5.41, 5.74) is 0.573. The fourth-order valence-electron chi connectivity index (χ4n) is 4.55. The summed E-state index contributed by atoms with van der Waals surface area (Å²) in [6.07, 6.45) is 5.63. The van der Waals surface area contributed by atoms with Crippen LogP contribution in [0.5, 0.6) is 0 Å². The molecule has 200 valence electrons. The molecular weight excluding hydrogens is 506 g/mol. The molecule has 5 rings (SSSR count). The lowest BCUT2D eigenvalue weighted by molar-refractivity contribution is 0.0897. The first-order valence-electron chi connectivity index (χ1n) is 12.3. The Labute approximate surface area is 221 Å². The molecule has 9 nitrogen and oxygen atoms in total. The van der Waals surface area contributed by atoms with Crippen LogP contribution in [0.25, 0.3) is 33.1 Å². The normalized spacial score (nSPS) is 12.4. The zero-order valence-electron chi connectivity index (χ0n) is 21.5. The number of carbonyl (C=O) groups excluding carboxylic acids is 1. The fourth-order valence-corrected chi connectivity index (χ4v) is 4.55. The standard InChI is InChI=1S/C28H26F2N6O3/c1-15(2)24(14-37)33-27(38)20-13-36(28(39)26-25(20)31-7-8-32-26)12-19-21(29)9-16(10-22(19)30)17-5-4-6-23-18(17)11-35(3)34-23/h4-11,13,15,24,37H,12,14H2,1-3H3,(H,33,38)/t24-/m1/s1. The topological polar surface area (TPSA) is 115 Å². The van der Waals surface area contributed by atoms with Crippen molar-refractivity contribution in [1.29, 1.82) is 0 Å². The Balaban J connectivity index is 1.57. The number of nitrogens with zero attached hydrogens (tertiary/aromatic N) is 5. The van der Waals surface area contributed by atoms with Crippen molar-refractivity contribution in [1.82, 2.24) is 29.6 Å². The number of aliphatic hydroxyl groups excluding tert-OH is 1. The van der Waals surface area contributed by atoms with Crippen LogP contribution in [0.2, 0.25) is 0 Å². The number of rotatable bonds is 7. The van der Waals surface area contributed by atoms with Crippen LogP contribution < -0.4 is 10.9 Å². The van der Waals surface area contributed by atoms with E-state index in [9.17, 15) is 14.7 Å². The van der Waals surface area contributed by atoms with Crippen molar-refractivity contribution in [2.75, 3.05) is 6.61 Å².